The summed E-state index contributed by atoms with van der Waals surface area (Å²) >= 11 is 1.17. The Bertz CT molecular complexity index is 1270. The van der Waals surface area contributed by atoms with Crippen molar-refractivity contribution in [3.8, 4) is 5.75 Å². The molecule has 0 saturated heterocycles. The van der Waals surface area contributed by atoms with E-state index in [1.807, 2.05) is 0 Å². The van der Waals surface area contributed by atoms with Crippen molar-refractivity contribution in [2.75, 3.05) is 4.72 Å². The van der Waals surface area contributed by atoms with E-state index in [-0.39, 0.29) is 15.8 Å². The van der Waals surface area contributed by atoms with Crippen molar-refractivity contribution >= 4 is 37.4 Å². The fourth-order valence-corrected chi connectivity index (χ4v) is 4.56. The van der Waals surface area contributed by atoms with Crippen molar-refractivity contribution in [1.82, 2.24) is 14.8 Å². The second kappa shape index (κ2) is 7.61. The number of anilines is 1. The van der Waals surface area contributed by atoms with Crippen LogP contribution in [0, 0.1) is 0 Å². The number of benzene rings is 2. The van der Waals surface area contributed by atoms with E-state index in [9.17, 15) is 21.6 Å². The molecule has 0 aliphatic heterocycles. The number of hydrogen-bond acceptors (Lipinski definition) is 6. The van der Waals surface area contributed by atoms with Crippen molar-refractivity contribution in [1.29, 1.82) is 0 Å². The van der Waals surface area contributed by atoms with Gasteiger partial charge >= 0.3 is 6.36 Å². The Morgan fingerprint density at radius 2 is 1.90 bits per heavy atom. The lowest BCUT2D eigenvalue weighted by molar-refractivity contribution is -0.274. The van der Waals surface area contributed by atoms with Gasteiger partial charge in [0.1, 0.15) is 5.75 Å². The summed E-state index contributed by atoms with van der Waals surface area (Å²) in [4.78, 5) is 3.97. The summed E-state index contributed by atoms with van der Waals surface area (Å²) in [6.07, 6.45) is -1.58. The highest BCUT2D eigenvalue weighted by atomic mass is 32.2. The van der Waals surface area contributed by atoms with Crippen LogP contribution >= 0.6 is 11.3 Å². The first kappa shape index (κ1) is 20.2. The van der Waals surface area contributed by atoms with Gasteiger partial charge in [0, 0.05) is 23.2 Å². The second-order valence-electron chi connectivity index (χ2n) is 6.18. The molecule has 0 atom stereocenters. The first-order valence-electron chi connectivity index (χ1n) is 8.42. The highest BCUT2D eigenvalue weighted by Gasteiger charge is 2.30. The van der Waals surface area contributed by atoms with Gasteiger partial charge < -0.3 is 4.74 Å². The van der Waals surface area contributed by atoms with Crippen LogP contribution in [-0.4, -0.2) is 29.5 Å². The van der Waals surface area contributed by atoms with Gasteiger partial charge in [-0.2, -0.15) is 5.10 Å². The fraction of sp³-hybridized carbons (Fsp3) is 0.111. The van der Waals surface area contributed by atoms with Crippen LogP contribution in [0.25, 0.3) is 10.9 Å². The van der Waals surface area contributed by atoms with Gasteiger partial charge in [0.05, 0.1) is 17.0 Å². The molecule has 2 aromatic heterocycles. The van der Waals surface area contributed by atoms with Crippen LogP contribution in [0.3, 0.4) is 0 Å². The number of rotatable bonds is 6. The number of fused-ring (bicyclic) bond motifs is 1. The minimum Gasteiger partial charge on any atom is -0.406 e. The van der Waals surface area contributed by atoms with E-state index >= 15 is 0 Å². The van der Waals surface area contributed by atoms with Crippen LogP contribution in [0.4, 0.5) is 18.3 Å². The maximum Gasteiger partial charge on any atom is 0.573 e. The van der Waals surface area contributed by atoms with Crippen LogP contribution < -0.4 is 9.46 Å². The summed E-state index contributed by atoms with van der Waals surface area (Å²) in [6, 6.07) is 9.97. The van der Waals surface area contributed by atoms with Gasteiger partial charge in [-0.25, -0.2) is 13.4 Å². The zero-order valence-corrected chi connectivity index (χ0v) is 16.6. The van der Waals surface area contributed by atoms with Crippen molar-refractivity contribution < 1.29 is 26.3 Å². The molecule has 1 N–H and O–H groups in total. The largest absolute Gasteiger partial charge is 0.573 e. The van der Waals surface area contributed by atoms with Crippen molar-refractivity contribution in [2.45, 2.75) is 17.8 Å². The van der Waals surface area contributed by atoms with E-state index in [0.717, 1.165) is 0 Å². The molecule has 0 aliphatic rings. The minimum atomic E-state index is -4.74. The molecule has 12 heteroatoms. The molecule has 0 amide bonds. The molecular weight excluding hydrogens is 441 g/mol. The Morgan fingerprint density at radius 3 is 2.57 bits per heavy atom. The van der Waals surface area contributed by atoms with E-state index in [4.69, 9.17) is 0 Å². The number of halogens is 3. The average Bonchev–Trinajstić information content (AvgIpc) is 3.30. The average molecular weight is 454 g/mol. The topological polar surface area (TPSA) is 86.1 Å². The number of hydrogen-bond donors (Lipinski definition) is 1. The predicted molar refractivity (Wildman–Crippen MR) is 105 cm³/mol. The molecule has 0 bridgehead atoms. The summed E-state index contributed by atoms with van der Waals surface area (Å²) in [6.45, 7) is 0.292. The third kappa shape index (κ3) is 4.71. The third-order valence-electron chi connectivity index (χ3n) is 3.99. The summed E-state index contributed by atoms with van der Waals surface area (Å²) in [7, 11) is -3.79. The summed E-state index contributed by atoms with van der Waals surface area (Å²) in [5, 5.41) is 6.90. The van der Waals surface area contributed by atoms with Crippen molar-refractivity contribution in [3.05, 3.63) is 65.8 Å². The molecule has 2 aromatic carbocycles. The van der Waals surface area contributed by atoms with Gasteiger partial charge in [0.25, 0.3) is 10.0 Å². The Balaban J connectivity index is 1.52. The summed E-state index contributed by atoms with van der Waals surface area (Å²) < 4.78 is 69.6. The van der Waals surface area contributed by atoms with Crippen molar-refractivity contribution in [2.24, 2.45) is 0 Å². The second-order valence-corrected chi connectivity index (χ2v) is 8.76. The molecule has 0 saturated carbocycles. The molecule has 30 heavy (non-hydrogen) atoms. The first-order chi connectivity index (χ1) is 14.2. The number of alkyl halides is 3. The van der Waals surface area contributed by atoms with Crippen LogP contribution in [0.5, 0.6) is 5.75 Å². The molecule has 4 aromatic rings. The molecule has 0 aliphatic carbocycles. The Labute approximate surface area is 172 Å². The minimum absolute atomic E-state index is 0.0680. The normalized spacial score (nSPS) is 12.2. The van der Waals surface area contributed by atoms with Crippen LogP contribution in [0.15, 0.2) is 65.1 Å². The quantitative estimate of drug-likeness (QED) is 0.471. The van der Waals surface area contributed by atoms with Gasteiger partial charge in [-0.05, 0) is 35.9 Å². The van der Waals surface area contributed by atoms with E-state index < -0.39 is 16.4 Å². The van der Waals surface area contributed by atoms with Crippen LogP contribution in [0.2, 0.25) is 0 Å². The number of aromatic nitrogens is 3. The molecule has 0 spiro atoms. The molecule has 7 nitrogen and oxygen atoms in total. The van der Waals surface area contributed by atoms with E-state index in [1.54, 1.807) is 22.3 Å². The standard InChI is InChI=1S/C18H13F3N4O3S2/c19-18(20,21)28-14-3-1-12(2-4-14)10-25-11-13-9-15(5-6-16(13)23-25)30(26,27)24-17-22-7-8-29-17/h1-9,11H,10H2,(H,22,24). The summed E-state index contributed by atoms with van der Waals surface area (Å²) in [5.74, 6) is -0.306. The number of nitrogens with zero attached hydrogens (tertiary/aromatic N) is 3. The number of nitrogens with one attached hydrogen (secondary N) is 1. The lowest BCUT2D eigenvalue weighted by Crippen LogP contribution is -2.17. The van der Waals surface area contributed by atoms with Crippen LogP contribution in [-0.2, 0) is 16.6 Å². The van der Waals surface area contributed by atoms with E-state index in [2.05, 4.69) is 19.5 Å². The Hall–Kier alpha value is -3.12. The lowest BCUT2D eigenvalue weighted by atomic mass is 10.2. The van der Waals surface area contributed by atoms with Gasteiger partial charge in [0.15, 0.2) is 5.13 Å². The monoisotopic (exact) mass is 454 g/mol. The summed E-state index contributed by atoms with van der Waals surface area (Å²) in [5.41, 5.74) is 1.29. The SMILES string of the molecule is O=S(=O)(Nc1nccs1)c1ccc2nn(Cc3ccc(OC(F)(F)F)cc3)cc2c1. The molecular formula is C18H13F3N4O3S2. The number of thiazole rings is 1. The van der Waals surface area contributed by atoms with Crippen LogP contribution in [0.1, 0.15) is 5.56 Å². The van der Waals surface area contributed by atoms with Gasteiger partial charge in [-0.3, -0.25) is 9.40 Å². The smallest absolute Gasteiger partial charge is 0.406 e. The Morgan fingerprint density at radius 1 is 1.13 bits per heavy atom. The molecule has 156 valence electrons. The van der Waals surface area contributed by atoms with Gasteiger partial charge in [0.2, 0.25) is 0 Å². The molecule has 4 rings (SSSR count). The van der Waals surface area contributed by atoms with E-state index in [0.29, 0.717) is 23.0 Å². The maximum absolute atomic E-state index is 12.5. The molecule has 0 fully saturated rings. The maximum atomic E-state index is 12.5. The predicted octanol–water partition coefficient (Wildman–Crippen LogP) is 4.24. The highest BCUT2D eigenvalue weighted by molar-refractivity contribution is 7.93. The third-order valence-corrected chi connectivity index (χ3v) is 6.14. The Kier molecular flexibility index (Phi) is 5.12. The first-order valence-corrected chi connectivity index (χ1v) is 10.8. The number of ether oxygens (including phenoxy) is 1. The zero-order valence-electron chi connectivity index (χ0n) is 15.0. The zero-order chi connectivity index (χ0) is 21.4. The lowest BCUT2D eigenvalue weighted by Gasteiger charge is -2.09. The number of sulfonamides is 1. The highest BCUT2D eigenvalue weighted by Crippen LogP contribution is 2.24. The van der Waals surface area contributed by atoms with Gasteiger partial charge in [-0.15, -0.1) is 24.5 Å². The van der Waals surface area contributed by atoms with Gasteiger partial charge in [-0.1, -0.05) is 12.1 Å². The van der Waals surface area contributed by atoms with Crippen molar-refractivity contribution in [3.63, 3.8) is 0 Å². The fourth-order valence-electron chi connectivity index (χ4n) is 2.73. The molecule has 2 heterocycles. The molecule has 0 radical (unpaired) electrons. The molecule has 0 unspecified atom stereocenters. The van der Waals surface area contributed by atoms with E-state index in [1.165, 1.54) is 53.9 Å².